The van der Waals surface area contributed by atoms with Crippen molar-refractivity contribution in [3.05, 3.63) is 40.8 Å². The molecule has 0 aliphatic heterocycles. The molecule has 0 atom stereocenters. The predicted octanol–water partition coefficient (Wildman–Crippen LogP) is 2.44. The number of ether oxygens (including phenoxy) is 3. The van der Waals surface area contributed by atoms with Crippen LogP contribution in [-0.4, -0.2) is 37.6 Å². The van der Waals surface area contributed by atoms with Crippen LogP contribution in [0.3, 0.4) is 0 Å². The predicted molar refractivity (Wildman–Crippen MR) is 101 cm³/mol. The van der Waals surface area contributed by atoms with Crippen LogP contribution >= 0.6 is 11.3 Å². The highest BCUT2D eigenvalue weighted by Crippen LogP contribution is 2.29. The number of primary amides is 1. The Kier molecular flexibility index (Phi) is 7.18. The zero-order valence-electron chi connectivity index (χ0n) is 14.9. The van der Waals surface area contributed by atoms with E-state index in [1.54, 1.807) is 11.4 Å². The van der Waals surface area contributed by atoms with Crippen LogP contribution in [0.1, 0.15) is 34.6 Å². The van der Waals surface area contributed by atoms with Crippen molar-refractivity contribution in [3.63, 3.8) is 0 Å². The quantitative estimate of drug-likeness (QED) is 0.633. The van der Waals surface area contributed by atoms with Crippen LogP contribution in [0, 0.1) is 0 Å². The van der Waals surface area contributed by atoms with E-state index in [1.165, 1.54) is 18.2 Å². The van der Waals surface area contributed by atoms with Crippen LogP contribution in [0.25, 0.3) is 0 Å². The summed E-state index contributed by atoms with van der Waals surface area (Å²) < 4.78 is 15.9. The number of nitrogens with two attached hydrogens (primary N) is 1. The zero-order valence-corrected chi connectivity index (χ0v) is 15.8. The van der Waals surface area contributed by atoms with Gasteiger partial charge in [-0.25, -0.2) is 4.79 Å². The van der Waals surface area contributed by atoms with Gasteiger partial charge in [-0.1, -0.05) is 0 Å². The van der Waals surface area contributed by atoms with E-state index < -0.39 is 24.4 Å². The van der Waals surface area contributed by atoms with E-state index in [1.807, 2.05) is 13.8 Å². The number of rotatable bonds is 9. The maximum atomic E-state index is 12.2. The van der Waals surface area contributed by atoms with Crippen molar-refractivity contribution in [2.24, 2.45) is 5.73 Å². The summed E-state index contributed by atoms with van der Waals surface area (Å²) in [5.41, 5.74) is 5.64. The molecule has 2 amide bonds. The van der Waals surface area contributed by atoms with Crippen molar-refractivity contribution in [3.8, 4) is 11.5 Å². The van der Waals surface area contributed by atoms with E-state index in [0.29, 0.717) is 29.7 Å². The van der Waals surface area contributed by atoms with Gasteiger partial charge in [0.15, 0.2) is 18.1 Å². The van der Waals surface area contributed by atoms with Gasteiger partial charge in [-0.2, -0.15) is 0 Å². The monoisotopic (exact) mass is 392 g/mol. The number of nitrogens with one attached hydrogen (secondary N) is 1. The third-order valence-electron chi connectivity index (χ3n) is 3.30. The Morgan fingerprint density at radius 3 is 2.44 bits per heavy atom. The molecular weight excluding hydrogens is 372 g/mol. The van der Waals surface area contributed by atoms with Gasteiger partial charge in [-0.3, -0.25) is 9.59 Å². The van der Waals surface area contributed by atoms with Gasteiger partial charge in [0.1, 0.15) is 5.00 Å². The Balaban J connectivity index is 1.98. The van der Waals surface area contributed by atoms with Crippen LogP contribution in [0.4, 0.5) is 5.00 Å². The summed E-state index contributed by atoms with van der Waals surface area (Å²) in [6, 6.07) is 6.14. The van der Waals surface area contributed by atoms with E-state index >= 15 is 0 Å². The number of carbonyl (C=O) groups excluding carboxylic acids is 3. The van der Waals surface area contributed by atoms with Crippen molar-refractivity contribution >= 4 is 34.1 Å². The van der Waals surface area contributed by atoms with Gasteiger partial charge in [0.25, 0.3) is 11.8 Å². The van der Waals surface area contributed by atoms with Crippen molar-refractivity contribution in [2.75, 3.05) is 25.1 Å². The van der Waals surface area contributed by atoms with E-state index in [4.69, 9.17) is 19.9 Å². The summed E-state index contributed by atoms with van der Waals surface area (Å²) in [5.74, 6) is -0.977. The molecule has 27 heavy (non-hydrogen) atoms. The highest BCUT2D eigenvalue weighted by Gasteiger charge is 2.16. The number of hydrogen-bond acceptors (Lipinski definition) is 7. The molecule has 144 valence electrons. The van der Waals surface area contributed by atoms with Crippen molar-refractivity contribution in [1.82, 2.24) is 0 Å². The normalized spacial score (nSPS) is 10.1. The largest absolute Gasteiger partial charge is 0.490 e. The van der Waals surface area contributed by atoms with E-state index in [9.17, 15) is 14.4 Å². The average molecular weight is 392 g/mol. The fraction of sp³-hybridized carbons (Fsp3) is 0.278. The highest BCUT2D eigenvalue weighted by atomic mass is 32.1. The minimum atomic E-state index is -0.685. The fourth-order valence-electron chi connectivity index (χ4n) is 2.16. The summed E-state index contributed by atoms with van der Waals surface area (Å²) in [6.45, 7) is 4.01. The Morgan fingerprint density at radius 2 is 1.78 bits per heavy atom. The molecule has 0 saturated carbocycles. The second-order valence-electron chi connectivity index (χ2n) is 5.18. The van der Waals surface area contributed by atoms with Crippen LogP contribution in [0.5, 0.6) is 11.5 Å². The number of carbonyl (C=O) groups is 3. The molecule has 1 aromatic heterocycles. The molecule has 2 aromatic rings. The van der Waals surface area contributed by atoms with Gasteiger partial charge in [0, 0.05) is 0 Å². The molecular formula is C18H20N2O6S. The molecule has 0 fully saturated rings. The molecule has 9 heteroatoms. The molecule has 0 saturated heterocycles. The average Bonchev–Trinajstić information content (AvgIpc) is 3.10. The third-order valence-corrected chi connectivity index (χ3v) is 4.13. The SMILES string of the molecule is CCOc1ccc(C(=O)OCC(=O)Nc2sccc2C(N)=O)cc1OCC. The summed E-state index contributed by atoms with van der Waals surface area (Å²) in [7, 11) is 0. The topological polar surface area (TPSA) is 117 Å². The Morgan fingerprint density at radius 1 is 1.07 bits per heavy atom. The number of thiophene rings is 1. The van der Waals surface area contributed by atoms with Gasteiger partial charge < -0.3 is 25.3 Å². The maximum absolute atomic E-state index is 12.2. The number of benzene rings is 1. The summed E-state index contributed by atoms with van der Waals surface area (Å²) in [4.78, 5) is 35.4. The zero-order chi connectivity index (χ0) is 19.8. The highest BCUT2D eigenvalue weighted by molar-refractivity contribution is 7.14. The minimum absolute atomic E-state index is 0.201. The number of esters is 1. The number of hydrogen-bond donors (Lipinski definition) is 2. The van der Waals surface area contributed by atoms with E-state index in [-0.39, 0.29) is 11.1 Å². The molecule has 0 spiro atoms. The first-order valence-corrected chi connectivity index (χ1v) is 9.08. The van der Waals surface area contributed by atoms with E-state index in [2.05, 4.69) is 5.32 Å². The Labute approximate surface area is 160 Å². The number of anilines is 1. The molecule has 1 heterocycles. The lowest BCUT2D eigenvalue weighted by molar-refractivity contribution is -0.119. The lowest BCUT2D eigenvalue weighted by atomic mass is 10.2. The second kappa shape index (κ2) is 9.58. The molecule has 8 nitrogen and oxygen atoms in total. The Hall–Kier alpha value is -3.07. The van der Waals surface area contributed by atoms with Gasteiger partial charge >= 0.3 is 5.97 Å². The molecule has 0 bridgehead atoms. The van der Waals surface area contributed by atoms with Crippen molar-refractivity contribution < 1.29 is 28.6 Å². The maximum Gasteiger partial charge on any atom is 0.338 e. The summed E-state index contributed by atoms with van der Waals surface area (Å²) in [5, 5.41) is 4.42. The lowest BCUT2D eigenvalue weighted by Crippen LogP contribution is -2.22. The first kappa shape index (κ1) is 20.2. The van der Waals surface area contributed by atoms with Crippen LogP contribution < -0.4 is 20.5 Å². The molecule has 0 radical (unpaired) electrons. The van der Waals surface area contributed by atoms with Crippen LogP contribution in [-0.2, 0) is 9.53 Å². The second-order valence-corrected chi connectivity index (χ2v) is 6.10. The van der Waals surface area contributed by atoms with Crippen LogP contribution in [0.2, 0.25) is 0 Å². The van der Waals surface area contributed by atoms with Gasteiger partial charge in [0.05, 0.1) is 24.3 Å². The fourth-order valence-corrected chi connectivity index (χ4v) is 2.96. The Bertz CT molecular complexity index is 833. The number of amides is 2. The minimum Gasteiger partial charge on any atom is -0.490 e. The molecule has 1 aromatic carbocycles. The van der Waals surface area contributed by atoms with Gasteiger partial charge in [0.2, 0.25) is 0 Å². The molecule has 0 unspecified atom stereocenters. The van der Waals surface area contributed by atoms with Crippen molar-refractivity contribution in [2.45, 2.75) is 13.8 Å². The molecule has 2 rings (SSSR count). The third kappa shape index (κ3) is 5.45. The first-order valence-electron chi connectivity index (χ1n) is 8.20. The van der Waals surface area contributed by atoms with E-state index in [0.717, 1.165) is 11.3 Å². The smallest absolute Gasteiger partial charge is 0.338 e. The van der Waals surface area contributed by atoms with Crippen molar-refractivity contribution in [1.29, 1.82) is 0 Å². The molecule has 0 aliphatic carbocycles. The van der Waals surface area contributed by atoms with Gasteiger partial charge in [-0.05, 0) is 43.5 Å². The van der Waals surface area contributed by atoms with Crippen LogP contribution in [0.15, 0.2) is 29.6 Å². The molecule has 0 aliphatic rings. The standard InChI is InChI=1S/C18H20N2O6S/c1-3-24-13-6-5-11(9-14(13)25-4-2)18(23)26-10-15(21)20-17-12(16(19)22)7-8-27-17/h5-9H,3-4,10H2,1-2H3,(H2,19,22)(H,20,21). The summed E-state index contributed by atoms with van der Waals surface area (Å²) >= 11 is 1.15. The first-order chi connectivity index (χ1) is 13.0. The lowest BCUT2D eigenvalue weighted by Gasteiger charge is -2.12. The molecule has 3 N–H and O–H groups in total. The van der Waals surface area contributed by atoms with Gasteiger partial charge in [-0.15, -0.1) is 11.3 Å². The summed E-state index contributed by atoms with van der Waals surface area (Å²) in [6.07, 6.45) is 0.